The predicted molar refractivity (Wildman–Crippen MR) is 103 cm³/mol. The maximum Gasteiger partial charge on any atom is 0.189 e. The number of carbonyl (C=O) groups excluding carboxylic acids is 2. The van der Waals surface area contributed by atoms with Gasteiger partial charge in [0.05, 0.1) is 29.1 Å². The molecule has 136 valence electrons. The zero-order valence-electron chi connectivity index (χ0n) is 15.2. The number of aryl methyl sites for hydroxylation is 1. The maximum atomic E-state index is 12.6. The van der Waals surface area contributed by atoms with Crippen LogP contribution in [0.5, 0.6) is 5.75 Å². The molecule has 7 heteroatoms. The molecule has 2 N–H and O–H groups in total. The van der Waals surface area contributed by atoms with Crippen LogP contribution in [0.2, 0.25) is 0 Å². The Morgan fingerprint density at radius 2 is 2.00 bits per heavy atom. The van der Waals surface area contributed by atoms with Crippen LogP contribution < -0.4 is 4.74 Å². The Morgan fingerprint density at radius 3 is 2.65 bits per heavy atom. The van der Waals surface area contributed by atoms with E-state index in [1.54, 1.807) is 6.92 Å². The second kappa shape index (κ2) is 7.37. The van der Waals surface area contributed by atoms with Gasteiger partial charge in [0, 0.05) is 17.3 Å². The van der Waals surface area contributed by atoms with Crippen molar-refractivity contribution in [2.45, 2.75) is 32.9 Å². The third-order valence-corrected chi connectivity index (χ3v) is 5.02. The number of rotatable bonds is 7. The zero-order chi connectivity index (χ0) is 18.8. The second-order valence-electron chi connectivity index (χ2n) is 6.05. The van der Waals surface area contributed by atoms with Gasteiger partial charge < -0.3 is 14.7 Å². The van der Waals surface area contributed by atoms with Gasteiger partial charge in [-0.25, -0.2) is 4.98 Å². The lowest BCUT2D eigenvalue weighted by molar-refractivity contribution is 0.101. The highest BCUT2D eigenvalue weighted by atomic mass is 32.2. The first kappa shape index (κ1) is 18.3. The molecule has 6 nitrogen and oxygen atoms in total. The van der Waals surface area contributed by atoms with E-state index in [0.29, 0.717) is 28.6 Å². The third kappa shape index (κ3) is 3.53. The van der Waals surface area contributed by atoms with E-state index in [2.05, 4.69) is 15.0 Å². The van der Waals surface area contributed by atoms with E-state index in [1.807, 2.05) is 32.0 Å². The van der Waals surface area contributed by atoms with Gasteiger partial charge in [-0.1, -0.05) is 11.8 Å². The minimum Gasteiger partial charge on any atom is -0.494 e. The number of nitrogens with one attached hydrogen (secondary N) is 2. The topological polar surface area (TPSA) is 87.8 Å². The summed E-state index contributed by atoms with van der Waals surface area (Å²) in [5.41, 5.74) is 4.24. The molecular formula is C19H21N3O3S. The molecule has 0 fully saturated rings. The molecule has 0 radical (unpaired) electrons. The summed E-state index contributed by atoms with van der Waals surface area (Å²) in [5, 5.41) is 0.676. The molecule has 26 heavy (non-hydrogen) atoms. The molecule has 3 rings (SSSR count). The molecule has 0 aliphatic carbocycles. The van der Waals surface area contributed by atoms with Gasteiger partial charge in [-0.3, -0.25) is 9.59 Å². The number of ether oxygens (including phenoxy) is 1. The minimum atomic E-state index is -0.0569. The lowest BCUT2D eigenvalue weighted by Gasteiger charge is -2.00. The average Bonchev–Trinajstić information content (AvgIpc) is 3.12. The van der Waals surface area contributed by atoms with E-state index >= 15 is 0 Å². The lowest BCUT2D eigenvalue weighted by atomic mass is 10.1. The van der Waals surface area contributed by atoms with E-state index in [0.717, 1.165) is 22.5 Å². The van der Waals surface area contributed by atoms with Gasteiger partial charge >= 0.3 is 0 Å². The molecule has 2 heterocycles. The van der Waals surface area contributed by atoms with Gasteiger partial charge in [-0.2, -0.15) is 0 Å². The number of benzene rings is 1. The van der Waals surface area contributed by atoms with Crippen molar-refractivity contribution in [2.24, 2.45) is 0 Å². The van der Waals surface area contributed by atoms with Crippen molar-refractivity contribution in [1.82, 2.24) is 15.0 Å². The molecule has 0 unspecified atom stereocenters. The van der Waals surface area contributed by atoms with Gasteiger partial charge in [-0.15, -0.1) is 0 Å². The summed E-state index contributed by atoms with van der Waals surface area (Å²) in [6, 6.07) is 5.66. The summed E-state index contributed by atoms with van der Waals surface area (Å²) >= 11 is 1.34. The number of imidazole rings is 1. The fourth-order valence-electron chi connectivity index (χ4n) is 3.05. The van der Waals surface area contributed by atoms with Crippen molar-refractivity contribution >= 4 is 34.4 Å². The Kier molecular flexibility index (Phi) is 5.18. The van der Waals surface area contributed by atoms with Crippen LogP contribution in [0, 0.1) is 13.8 Å². The van der Waals surface area contributed by atoms with E-state index in [1.165, 1.54) is 18.7 Å². The van der Waals surface area contributed by atoms with Crippen molar-refractivity contribution in [3.63, 3.8) is 0 Å². The number of aromatic amines is 2. The SMILES string of the molecule is CCOc1ccc2nc(SCC(=O)c3[nH]c(C)c(C(C)=O)c3C)[nH]c2c1. The molecule has 0 amide bonds. The van der Waals surface area contributed by atoms with E-state index in [-0.39, 0.29) is 17.3 Å². The van der Waals surface area contributed by atoms with E-state index in [9.17, 15) is 9.59 Å². The number of hydrogen-bond donors (Lipinski definition) is 2. The molecule has 2 aromatic heterocycles. The Balaban J connectivity index is 1.74. The standard InChI is InChI=1S/C19H21N3O3S/c1-5-25-13-6-7-14-15(8-13)22-19(21-14)26-9-16(24)18-10(2)17(12(4)23)11(3)20-18/h6-8,20H,5,9H2,1-4H3,(H,21,22). The first-order chi connectivity index (χ1) is 12.4. The van der Waals surface area contributed by atoms with Crippen molar-refractivity contribution in [3.8, 4) is 5.75 Å². The fraction of sp³-hybridized carbons (Fsp3) is 0.316. The second-order valence-corrected chi connectivity index (χ2v) is 7.01. The normalized spacial score (nSPS) is 11.1. The van der Waals surface area contributed by atoms with Gasteiger partial charge in [0.25, 0.3) is 0 Å². The van der Waals surface area contributed by atoms with E-state index in [4.69, 9.17) is 4.74 Å². The predicted octanol–water partition coefficient (Wildman–Crippen LogP) is 4.08. The minimum absolute atomic E-state index is 0.0367. The smallest absolute Gasteiger partial charge is 0.189 e. The fourth-order valence-corrected chi connectivity index (χ4v) is 3.81. The van der Waals surface area contributed by atoms with Gasteiger partial charge in [-0.05, 0) is 45.4 Å². The van der Waals surface area contributed by atoms with Crippen LogP contribution in [-0.2, 0) is 0 Å². The Hall–Kier alpha value is -2.54. The molecular weight excluding hydrogens is 350 g/mol. The molecule has 3 aromatic rings. The summed E-state index contributed by atoms with van der Waals surface area (Å²) in [7, 11) is 0. The van der Waals surface area contributed by atoms with E-state index < -0.39 is 0 Å². The summed E-state index contributed by atoms with van der Waals surface area (Å²) in [4.78, 5) is 35.0. The number of ketones is 2. The number of nitrogens with zero attached hydrogens (tertiary/aromatic N) is 1. The van der Waals surface area contributed by atoms with Gasteiger partial charge in [0.2, 0.25) is 0 Å². The zero-order valence-corrected chi connectivity index (χ0v) is 16.0. The van der Waals surface area contributed by atoms with Crippen molar-refractivity contribution in [3.05, 3.63) is 40.7 Å². The van der Waals surface area contributed by atoms with Crippen molar-refractivity contribution < 1.29 is 14.3 Å². The molecule has 1 aromatic carbocycles. The van der Waals surface area contributed by atoms with Crippen LogP contribution in [0.25, 0.3) is 11.0 Å². The number of fused-ring (bicyclic) bond motifs is 1. The first-order valence-electron chi connectivity index (χ1n) is 8.39. The largest absolute Gasteiger partial charge is 0.494 e. The Bertz CT molecular complexity index is 987. The summed E-state index contributed by atoms with van der Waals surface area (Å²) in [6.45, 7) is 7.66. The van der Waals surface area contributed by atoms with Crippen LogP contribution in [0.15, 0.2) is 23.4 Å². The molecule has 0 bridgehead atoms. The highest BCUT2D eigenvalue weighted by Crippen LogP contribution is 2.25. The number of hydrogen-bond acceptors (Lipinski definition) is 5. The monoisotopic (exact) mass is 371 g/mol. The van der Waals surface area contributed by atoms with Crippen molar-refractivity contribution in [1.29, 1.82) is 0 Å². The molecule has 0 atom stereocenters. The Labute approximate surface area is 155 Å². The van der Waals surface area contributed by atoms with Gasteiger partial charge in [0.1, 0.15) is 5.75 Å². The van der Waals surface area contributed by atoms with Crippen LogP contribution in [0.3, 0.4) is 0 Å². The van der Waals surface area contributed by atoms with Crippen LogP contribution in [-0.4, -0.2) is 38.9 Å². The summed E-state index contributed by atoms with van der Waals surface area (Å²) in [6.07, 6.45) is 0. The van der Waals surface area contributed by atoms with Gasteiger partial charge in [0.15, 0.2) is 16.7 Å². The Morgan fingerprint density at radius 1 is 1.23 bits per heavy atom. The molecule has 0 saturated carbocycles. The summed E-state index contributed by atoms with van der Waals surface area (Å²) in [5.74, 6) is 0.922. The van der Waals surface area contributed by atoms with Crippen molar-refractivity contribution in [2.75, 3.05) is 12.4 Å². The first-order valence-corrected chi connectivity index (χ1v) is 9.38. The molecule has 0 spiro atoms. The number of aromatic nitrogens is 3. The maximum absolute atomic E-state index is 12.6. The third-order valence-electron chi connectivity index (χ3n) is 4.15. The molecule has 0 aliphatic heterocycles. The molecule has 0 aliphatic rings. The summed E-state index contributed by atoms with van der Waals surface area (Å²) < 4.78 is 5.48. The number of thioether (sulfide) groups is 1. The van der Waals surface area contributed by atoms with Crippen LogP contribution in [0.1, 0.15) is 46.0 Å². The molecule has 0 saturated heterocycles. The number of H-pyrrole nitrogens is 2. The number of carbonyl (C=O) groups is 2. The van der Waals surface area contributed by atoms with Crippen LogP contribution >= 0.6 is 11.8 Å². The van der Waals surface area contributed by atoms with Crippen LogP contribution in [0.4, 0.5) is 0 Å². The lowest BCUT2D eigenvalue weighted by Crippen LogP contribution is -2.05. The quantitative estimate of drug-likeness (QED) is 0.482. The highest BCUT2D eigenvalue weighted by Gasteiger charge is 2.20. The highest BCUT2D eigenvalue weighted by molar-refractivity contribution is 7.99. The average molecular weight is 371 g/mol. The number of Topliss-reactive ketones (excluding diaryl/α,β-unsaturated/α-hetero) is 2.